The Kier molecular flexibility index (Phi) is 2.17. The summed E-state index contributed by atoms with van der Waals surface area (Å²) in [5.74, 6) is 0.323. The number of aryl methyl sites for hydroxylation is 1. The lowest BCUT2D eigenvalue weighted by atomic mass is 10.1. The van der Waals surface area contributed by atoms with Crippen LogP contribution in [0.2, 0.25) is 0 Å². The standard InChI is InChI=1S/C9H13NOS/c1-6-2-3-9(12-6)7-4-10-5-8(7)11/h2-3,7-8,10-11H,4-5H2,1H3/t7-,8-/m1/s1. The third-order valence-corrected chi connectivity index (χ3v) is 3.44. The quantitative estimate of drug-likeness (QED) is 0.683. The SMILES string of the molecule is Cc1ccc([C@@H]2CNC[C@H]2O)s1. The predicted octanol–water partition coefficient (Wildman–Crippen LogP) is 1.10. The van der Waals surface area contributed by atoms with Gasteiger partial charge in [0, 0.05) is 28.8 Å². The van der Waals surface area contributed by atoms with E-state index < -0.39 is 0 Å². The normalized spacial score (nSPS) is 29.5. The third kappa shape index (κ3) is 1.40. The van der Waals surface area contributed by atoms with E-state index in [1.165, 1.54) is 9.75 Å². The number of β-amino-alcohol motifs (C(OH)–C–C–N with tert-alkyl or cyclic N) is 1. The van der Waals surface area contributed by atoms with Crippen LogP contribution in [0.5, 0.6) is 0 Å². The van der Waals surface area contributed by atoms with Crippen LogP contribution in [-0.2, 0) is 0 Å². The second-order valence-corrected chi connectivity index (χ2v) is 4.60. The largest absolute Gasteiger partial charge is 0.391 e. The van der Waals surface area contributed by atoms with Gasteiger partial charge in [0.2, 0.25) is 0 Å². The summed E-state index contributed by atoms with van der Waals surface area (Å²) >= 11 is 1.79. The summed E-state index contributed by atoms with van der Waals surface area (Å²) < 4.78 is 0. The van der Waals surface area contributed by atoms with E-state index >= 15 is 0 Å². The number of aliphatic hydroxyl groups excluding tert-OH is 1. The Morgan fingerprint density at radius 1 is 1.50 bits per heavy atom. The van der Waals surface area contributed by atoms with Crippen LogP contribution in [0.1, 0.15) is 15.7 Å². The maximum Gasteiger partial charge on any atom is 0.0753 e. The molecule has 2 rings (SSSR count). The maximum absolute atomic E-state index is 9.60. The monoisotopic (exact) mass is 183 g/mol. The zero-order chi connectivity index (χ0) is 8.55. The van der Waals surface area contributed by atoms with Crippen LogP contribution in [0.3, 0.4) is 0 Å². The maximum atomic E-state index is 9.60. The molecule has 3 heteroatoms. The van der Waals surface area contributed by atoms with E-state index in [0.717, 1.165) is 13.1 Å². The minimum atomic E-state index is -0.192. The lowest BCUT2D eigenvalue weighted by molar-refractivity contribution is 0.179. The van der Waals surface area contributed by atoms with Gasteiger partial charge >= 0.3 is 0 Å². The van der Waals surface area contributed by atoms with Gasteiger partial charge in [0.25, 0.3) is 0 Å². The first-order chi connectivity index (χ1) is 5.77. The van der Waals surface area contributed by atoms with E-state index in [1.54, 1.807) is 11.3 Å². The van der Waals surface area contributed by atoms with Crippen LogP contribution in [0.25, 0.3) is 0 Å². The summed E-state index contributed by atoms with van der Waals surface area (Å²) in [6.45, 7) is 3.76. The fourth-order valence-corrected chi connectivity index (χ4v) is 2.64. The Balaban J connectivity index is 2.19. The molecule has 1 saturated heterocycles. The number of hydrogen-bond acceptors (Lipinski definition) is 3. The molecule has 2 N–H and O–H groups in total. The van der Waals surface area contributed by atoms with Crippen LogP contribution in [0, 0.1) is 6.92 Å². The highest BCUT2D eigenvalue weighted by Gasteiger charge is 2.27. The van der Waals surface area contributed by atoms with Crippen LogP contribution in [0.4, 0.5) is 0 Å². The van der Waals surface area contributed by atoms with Gasteiger partial charge in [-0.05, 0) is 19.1 Å². The zero-order valence-electron chi connectivity index (χ0n) is 7.08. The molecule has 0 aromatic carbocycles. The summed E-state index contributed by atoms with van der Waals surface area (Å²) in [5, 5.41) is 12.8. The molecule has 12 heavy (non-hydrogen) atoms. The fraction of sp³-hybridized carbons (Fsp3) is 0.556. The lowest BCUT2D eigenvalue weighted by Crippen LogP contribution is -2.15. The molecule has 2 heterocycles. The van der Waals surface area contributed by atoms with Crippen LogP contribution < -0.4 is 5.32 Å². The summed E-state index contributed by atoms with van der Waals surface area (Å²) in [4.78, 5) is 2.63. The molecule has 66 valence electrons. The summed E-state index contributed by atoms with van der Waals surface area (Å²) in [7, 11) is 0. The van der Waals surface area contributed by atoms with Gasteiger partial charge in [-0.15, -0.1) is 11.3 Å². The van der Waals surface area contributed by atoms with Crippen molar-refractivity contribution < 1.29 is 5.11 Å². The Morgan fingerprint density at radius 3 is 2.83 bits per heavy atom. The Morgan fingerprint density at radius 2 is 2.33 bits per heavy atom. The van der Waals surface area contributed by atoms with E-state index in [1.807, 2.05) is 0 Å². The molecule has 2 atom stereocenters. The van der Waals surface area contributed by atoms with Crippen molar-refractivity contribution in [1.29, 1.82) is 0 Å². The van der Waals surface area contributed by atoms with Gasteiger partial charge in [-0.2, -0.15) is 0 Å². The number of rotatable bonds is 1. The second-order valence-electron chi connectivity index (χ2n) is 3.28. The minimum Gasteiger partial charge on any atom is -0.391 e. The highest BCUT2D eigenvalue weighted by Crippen LogP contribution is 2.28. The highest BCUT2D eigenvalue weighted by molar-refractivity contribution is 7.12. The Bertz CT molecular complexity index is 271. The summed E-state index contributed by atoms with van der Waals surface area (Å²) in [6, 6.07) is 4.24. The number of nitrogens with one attached hydrogen (secondary N) is 1. The van der Waals surface area contributed by atoms with Gasteiger partial charge in [-0.1, -0.05) is 0 Å². The summed E-state index contributed by atoms with van der Waals surface area (Å²) in [5.41, 5.74) is 0. The first-order valence-corrected chi connectivity index (χ1v) is 5.04. The first kappa shape index (κ1) is 8.23. The molecule has 0 spiro atoms. The molecule has 0 aliphatic carbocycles. The van der Waals surface area contributed by atoms with Crippen LogP contribution in [0.15, 0.2) is 12.1 Å². The van der Waals surface area contributed by atoms with Crippen molar-refractivity contribution in [2.45, 2.75) is 18.9 Å². The molecule has 2 nitrogen and oxygen atoms in total. The fourth-order valence-electron chi connectivity index (χ4n) is 1.61. The molecule has 1 aromatic heterocycles. The molecule has 0 amide bonds. The van der Waals surface area contributed by atoms with Crippen molar-refractivity contribution >= 4 is 11.3 Å². The van der Waals surface area contributed by atoms with Gasteiger partial charge in [0.05, 0.1) is 6.10 Å². The van der Waals surface area contributed by atoms with E-state index in [9.17, 15) is 5.11 Å². The first-order valence-electron chi connectivity index (χ1n) is 4.22. The van der Waals surface area contributed by atoms with Crippen molar-refractivity contribution in [3.8, 4) is 0 Å². The Hall–Kier alpha value is -0.380. The number of aliphatic hydroxyl groups is 1. The van der Waals surface area contributed by atoms with E-state index in [0.29, 0.717) is 5.92 Å². The molecule has 1 aliphatic heterocycles. The molecule has 0 radical (unpaired) electrons. The molecular formula is C9H13NOS. The smallest absolute Gasteiger partial charge is 0.0753 e. The molecule has 1 aliphatic rings. The van der Waals surface area contributed by atoms with Crippen LogP contribution >= 0.6 is 11.3 Å². The average molecular weight is 183 g/mol. The van der Waals surface area contributed by atoms with E-state index in [-0.39, 0.29) is 6.10 Å². The van der Waals surface area contributed by atoms with Crippen molar-refractivity contribution in [3.05, 3.63) is 21.9 Å². The highest BCUT2D eigenvalue weighted by atomic mass is 32.1. The zero-order valence-corrected chi connectivity index (χ0v) is 7.90. The van der Waals surface area contributed by atoms with Gasteiger partial charge in [-0.3, -0.25) is 0 Å². The number of hydrogen-bond donors (Lipinski definition) is 2. The molecule has 0 bridgehead atoms. The van der Waals surface area contributed by atoms with E-state index in [4.69, 9.17) is 0 Å². The minimum absolute atomic E-state index is 0.192. The Labute approximate surface area is 76.2 Å². The lowest BCUT2D eigenvalue weighted by Gasteiger charge is -2.09. The molecular weight excluding hydrogens is 170 g/mol. The van der Waals surface area contributed by atoms with Crippen molar-refractivity contribution in [3.63, 3.8) is 0 Å². The predicted molar refractivity (Wildman–Crippen MR) is 50.7 cm³/mol. The topological polar surface area (TPSA) is 32.3 Å². The van der Waals surface area contributed by atoms with Crippen molar-refractivity contribution in [1.82, 2.24) is 5.32 Å². The van der Waals surface area contributed by atoms with E-state index in [2.05, 4.69) is 24.4 Å². The van der Waals surface area contributed by atoms with Gasteiger partial charge in [0.1, 0.15) is 0 Å². The molecule has 1 fully saturated rings. The molecule has 0 saturated carbocycles. The molecule has 1 aromatic rings. The molecule has 0 unspecified atom stereocenters. The van der Waals surface area contributed by atoms with Crippen LogP contribution in [-0.4, -0.2) is 24.3 Å². The average Bonchev–Trinajstić information content (AvgIpc) is 2.58. The third-order valence-electron chi connectivity index (χ3n) is 2.31. The number of thiophene rings is 1. The van der Waals surface area contributed by atoms with Crippen molar-refractivity contribution in [2.24, 2.45) is 0 Å². The second kappa shape index (κ2) is 3.17. The van der Waals surface area contributed by atoms with Gasteiger partial charge in [0.15, 0.2) is 0 Å². The van der Waals surface area contributed by atoms with Gasteiger partial charge in [-0.25, -0.2) is 0 Å². The van der Waals surface area contributed by atoms with Crippen molar-refractivity contribution in [2.75, 3.05) is 13.1 Å². The summed E-state index contributed by atoms with van der Waals surface area (Å²) in [6.07, 6.45) is -0.192. The van der Waals surface area contributed by atoms with Gasteiger partial charge < -0.3 is 10.4 Å².